The SMILES string of the molecule is CC(C)CCN1CCC2(CCC(c3nn(C4CCCCO4)cc3CN(C)CCN(C)C(=O)OC(C)(C)C)CC2)C1=O. The van der Waals surface area contributed by atoms with Crippen molar-refractivity contribution in [3.8, 4) is 0 Å². The molecule has 0 aromatic carbocycles. The molecule has 232 valence electrons. The summed E-state index contributed by atoms with van der Waals surface area (Å²) in [5.74, 6) is 1.37. The molecule has 0 bridgehead atoms. The number of carbonyl (C=O) groups is 2. The Balaban J connectivity index is 1.41. The molecule has 1 unspecified atom stereocenters. The molecule has 9 heteroatoms. The highest BCUT2D eigenvalue weighted by molar-refractivity contribution is 5.85. The lowest BCUT2D eigenvalue weighted by atomic mass is 9.68. The Morgan fingerprint density at radius 3 is 2.51 bits per heavy atom. The van der Waals surface area contributed by atoms with E-state index in [2.05, 4.69) is 41.6 Å². The lowest BCUT2D eigenvalue weighted by Gasteiger charge is -2.35. The molecule has 1 saturated carbocycles. The normalized spacial score (nSPS) is 25.5. The summed E-state index contributed by atoms with van der Waals surface area (Å²) in [6.07, 6.45) is 11.2. The Morgan fingerprint density at radius 1 is 1.15 bits per heavy atom. The maximum atomic E-state index is 13.5. The molecule has 1 spiro atoms. The van der Waals surface area contributed by atoms with E-state index in [0.29, 0.717) is 24.3 Å². The van der Waals surface area contributed by atoms with Crippen LogP contribution >= 0.6 is 0 Å². The van der Waals surface area contributed by atoms with Crippen molar-refractivity contribution in [2.75, 3.05) is 46.9 Å². The third-order valence-corrected chi connectivity index (χ3v) is 9.16. The van der Waals surface area contributed by atoms with Crippen molar-refractivity contribution in [1.82, 2.24) is 24.5 Å². The van der Waals surface area contributed by atoms with Crippen LogP contribution in [0, 0.1) is 11.3 Å². The summed E-state index contributed by atoms with van der Waals surface area (Å²) in [7, 11) is 3.89. The van der Waals surface area contributed by atoms with Gasteiger partial charge in [-0.3, -0.25) is 4.79 Å². The number of nitrogens with zero attached hydrogens (tertiary/aromatic N) is 5. The van der Waals surface area contributed by atoms with E-state index in [9.17, 15) is 9.59 Å². The molecule has 1 aliphatic carbocycles. The molecule has 3 aliphatic rings. The first-order valence-electron chi connectivity index (χ1n) is 16.0. The molecule has 2 saturated heterocycles. The minimum absolute atomic E-state index is 0.000663. The second-order valence-corrected chi connectivity index (χ2v) is 14.3. The molecule has 9 nitrogen and oxygen atoms in total. The van der Waals surface area contributed by atoms with Gasteiger partial charge in [0.15, 0.2) is 0 Å². The van der Waals surface area contributed by atoms with Crippen LogP contribution < -0.4 is 0 Å². The van der Waals surface area contributed by atoms with Gasteiger partial charge in [0.2, 0.25) is 5.91 Å². The number of rotatable bonds is 10. The molecule has 3 heterocycles. The van der Waals surface area contributed by atoms with Crippen LogP contribution in [0.1, 0.15) is 116 Å². The molecule has 0 radical (unpaired) electrons. The van der Waals surface area contributed by atoms with E-state index in [1.165, 1.54) is 11.3 Å². The highest BCUT2D eigenvalue weighted by Gasteiger charge is 2.48. The van der Waals surface area contributed by atoms with Crippen LogP contribution in [0.2, 0.25) is 0 Å². The van der Waals surface area contributed by atoms with Crippen LogP contribution in [0.5, 0.6) is 0 Å². The van der Waals surface area contributed by atoms with Gasteiger partial charge >= 0.3 is 6.09 Å². The van der Waals surface area contributed by atoms with E-state index >= 15 is 0 Å². The number of carbonyl (C=O) groups excluding carboxylic acids is 2. The summed E-state index contributed by atoms with van der Waals surface area (Å²) in [5, 5.41) is 5.16. The van der Waals surface area contributed by atoms with Gasteiger partial charge in [-0.1, -0.05) is 13.8 Å². The second kappa shape index (κ2) is 13.4. The summed E-state index contributed by atoms with van der Waals surface area (Å²) >= 11 is 0. The molecular weight excluding hydrogens is 518 g/mol. The third-order valence-electron chi connectivity index (χ3n) is 9.16. The van der Waals surface area contributed by atoms with Crippen molar-refractivity contribution < 1.29 is 19.1 Å². The first-order valence-corrected chi connectivity index (χ1v) is 16.0. The van der Waals surface area contributed by atoms with Crippen molar-refractivity contribution in [3.63, 3.8) is 0 Å². The predicted octanol–water partition coefficient (Wildman–Crippen LogP) is 5.80. The van der Waals surface area contributed by atoms with E-state index in [-0.39, 0.29) is 17.7 Å². The Hall–Kier alpha value is -2.13. The van der Waals surface area contributed by atoms with Gasteiger partial charge in [-0.25, -0.2) is 9.48 Å². The van der Waals surface area contributed by atoms with Crippen LogP contribution in [0.4, 0.5) is 4.79 Å². The van der Waals surface area contributed by atoms with Crippen LogP contribution in [0.3, 0.4) is 0 Å². The van der Waals surface area contributed by atoms with E-state index in [0.717, 1.165) is 90.6 Å². The average molecular weight is 574 g/mol. The molecule has 2 amide bonds. The van der Waals surface area contributed by atoms with Crippen molar-refractivity contribution in [1.29, 1.82) is 0 Å². The van der Waals surface area contributed by atoms with Gasteiger partial charge < -0.3 is 24.2 Å². The highest BCUT2D eigenvalue weighted by Crippen LogP contribution is 2.49. The molecule has 1 atom stereocenters. The smallest absolute Gasteiger partial charge is 0.410 e. The van der Waals surface area contributed by atoms with E-state index < -0.39 is 5.60 Å². The summed E-state index contributed by atoms with van der Waals surface area (Å²) in [6.45, 7) is 14.8. The van der Waals surface area contributed by atoms with Crippen molar-refractivity contribution in [3.05, 3.63) is 17.5 Å². The van der Waals surface area contributed by atoms with E-state index in [1.807, 2.05) is 20.8 Å². The largest absolute Gasteiger partial charge is 0.444 e. The predicted molar refractivity (Wildman–Crippen MR) is 161 cm³/mol. The first-order chi connectivity index (χ1) is 19.4. The van der Waals surface area contributed by atoms with E-state index in [4.69, 9.17) is 14.6 Å². The molecule has 4 rings (SSSR count). The third kappa shape index (κ3) is 8.25. The Labute approximate surface area is 247 Å². The number of ether oxygens (including phenoxy) is 2. The number of aromatic nitrogens is 2. The first kappa shape index (κ1) is 31.8. The van der Waals surface area contributed by atoms with Crippen LogP contribution in [0.15, 0.2) is 6.20 Å². The van der Waals surface area contributed by atoms with Crippen LogP contribution in [-0.4, -0.2) is 89.0 Å². The quantitative estimate of drug-likeness (QED) is 0.352. The molecule has 1 aromatic heterocycles. The van der Waals surface area contributed by atoms with E-state index in [1.54, 1.807) is 11.9 Å². The maximum absolute atomic E-state index is 13.5. The van der Waals surface area contributed by atoms with Gasteiger partial charge in [-0.15, -0.1) is 0 Å². The van der Waals surface area contributed by atoms with Gasteiger partial charge in [0.05, 0.1) is 11.1 Å². The number of amides is 2. The fraction of sp³-hybridized carbons (Fsp3) is 0.844. The monoisotopic (exact) mass is 573 g/mol. The molecule has 0 N–H and O–H groups in total. The molecule has 41 heavy (non-hydrogen) atoms. The minimum atomic E-state index is -0.504. The summed E-state index contributed by atoms with van der Waals surface area (Å²) < 4.78 is 13.7. The average Bonchev–Trinajstić information content (AvgIpc) is 3.47. The minimum Gasteiger partial charge on any atom is -0.444 e. The van der Waals surface area contributed by atoms with Gasteiger partial charge in [0.1, 0.15) is 11.8 Å². The number of hydrogen-bond donors (Lipinski definition) is 0. The Bertz CT molecular complexity index is 1020. The lowest BCUT2D eigenvalue weighted by molar-refractivity contribution is -0.137. The summed E-state index contributed by atoms with van der Waals surface area (Å²) in [4.78, 5) is 31.9. The fourth-order valence-electron chi connectivity index (χ4n) is 6.54. The molecule has 2 aliphatic heterocycles. The van der Waals surface area contributed by atoms with Gasteiger partial charge in [0.25, 0.3) is 0 Å². The van der Waals surface area contributed by atoms with Gasteiger partial charge in [-0.05, 0) is 91.5 Å². The number of likely N-dealkylation sites (N-methyl/N-ethyl adjacent to an activating group) is 2. The Morgan fingerprint density at radius 2 is 1.88 bits per heavy atom. The maximum Gasteiger partial charge on any atom is 0.410 e. The van der Waals surface area contributed by atoms with Crippen LogP contribution in [0.25, 0.3) is 0 Å². The lowest BCUT2D eigenvalue weighted by Crippen LogP contribution is -2.38. The zero-order valence-corrected chi connectivity index (χ0v) is 26.8. The Kier molecular flexibility index (Phi) is 10.4. The van der Waals surface area contributed by atoms with Crippen LogP contribution in [-0.2, 0) is 20.8 Å². The summed E-state index contributed by atoms with van der Waals surface area (Å²) in [5.41, 5.74) is 1.74. The standard InChI is InChI=1S/C32H55N5O4/c1-24(2)13-17-36-18-16-32(29(36)38)14-11-25(12-15-32)28-26(23-37(33-28)27-10-8-9-21-40-27)22-34(6)19-20-35(7)30(39)41-31(3,4)5/h23-25,27H,8-22H2,1-7H3. The van der Waals surface area contributed by atoms with Gasteiger partial charge in [-0.2, -0.15) is 5.10 Å². The molecule has 3 fully saturated rings. The second-order valence-electron chi connectivity index (χ2n) is 14.3. The summed E-state index contributed by atoms with van der Waals surface area (Å²) in [6, 6.07) is 0. The number of hydrogen-bond acceptors (Lipinski definition) is 6. The van der Waals surface area contributed by atoms with Crippen molar-refractivity contribution in [2.45, 2.75) is 117 Å². The fourth-order valence-corrected chi connectivity index (χ4v) is 6.54. The van der Waals surface area contributed by atoms with Crippen molar-refractivity contribution >= 4 is 12.0 Å². The molecular formula is C32H55N5O4. The van der Waals surface area contributed by atoms with Gasteiger partial charge in [0, 0.05) is 64.1 Å². The zero-order chi connectivity index (χ0) is 29.8. The zero-order valence-electron chi connectivity index (χ0n) is 26.8. The topological polar surface area (TPSA) is 80.1 Å². The number of likely N-dealkylation sites (tertiary alicyclic amines) is 1. The molecule has 1 aromatic rings. The highest BCUT2D eigenvalue weighted by atomic mass is 16.6. The van der Waals surface area contributed by atoms with Crippen molar-refractivity contribution in [2.24, 2.45) is 11.3 Å².